The molecule has 0 aliphatic rings. The van der Waals surface area contributed by atoms with Gasteiger partial charge in [-0.05, 0) is 25.0 Å². The van der Waals surface area contributed by atoms with Crippen LogP contribution in [0.3, 0.4) is 0 Å². The summed E-state index contributed by atoms with van der Waals surface area (Å²) >= 11 is 0. The molecule has 0 atom stereocenters. The monoisotopic (exact) mass is 289 g/mol. The third-order valence-corrected chi connectivity index (χ3v) is 2.90. The van der Waals surface area contributed by atoms with Crippen molar-refractivity contribution in [2.75, 3.05) is 13.6 Å². The number of carbonyl (C=O) groups is 1. The zero-order chi connectivity index (χ0) is 15.1. The second-order valence-corrected chi connectivity index (χ2v) is 4.73. The summed E-state index contributed by atoms with van der Waals surface area (Å²) in [5, 5.41) is 10.4. The van der Waals surface area contributed by atoms with Crippen LogP contribution in [0.15, 0.2) is 28.8 Å². The Hall–Kier alpha value is -2.44. The summed E-state index contributed by atoms with van der Waals surface area (Å²) in [7, 11) is 1.69. The van der Waals surface area contributed by atoms with Gasteiger partial charge in [-0.25, -0.2) is 4.79 Å². The number of aryl methyl sites for hydroxylation is 2. The van der Waals surface area contributed by atoms with Crippen LogP contribution in [0.5, 0.6) is 0 Å². The van der Waals surface area contributed by atoms with Crippen molar-refractivity contribution >= 4 is 6.03 Å². The number of nitrogens with one attached hydrogen (secondary N) is 1. The van der Waals surface area contributed by atoms with Gasteiger partial charge in [0.1, 0.15) is 6.54 Å². The van der Waals surface area contributed by atoms with Crippen molar-refractivity contribution in [3.8, 4) is 0 Å². The number of urea groups is 1. The summed E-state index contributed by atoms with van der Waals surface area (Å²) < 4.78 is 5.24. The summed E-state index contributed by atoms with van der Waals surface area (Å²) in [6.45, 7) is 2.61. The Morgan fingerprint density at radius 1 is 1.38 bits per heavy atom. The van der Waals surface area contributed by atoms with E-state index >= 15 is 0 Å². The van der Waals surface area contributed by atoms with Crippen molar-refractivity contribution in [2.24, 2.45) is 0 Å². The van der Waals surface area contributed by atoms with Crippen LogP contribution in [-0.2, 0) is 13.0 Å². The van der Waals surface area contributed by atoms with Gasteiger partial charge >= 0.3 is 6.03 Å². The Bertz CT molecular complexity index is 570. The van der Waals surface area contributed by atoms with E-state index in [4.69, 9.17) is 4.42 Å². The predicted molar refractivity (Wildman–Crippen MR) is 76.5 cm³/mol. The van der Waals surface area contributed by atoms with E-state index < -0.39 is 0 Å². The Morgan fingerprint density at radius 3 is 2.90 bits per heavy atom. The number of hydrogen-bond acceptors (Lipinski definition) is 5. The predicted octanol–water partition coefficient (Wildman–Crippen LogP) is 1.55. The molecule has 0 radical (unpaired) electrons. The molecule has 0 aromatic carbocycles. The maximum absolute atomic E-state index is 11.9. The first-order valence-corrected chi connectivity index (χ1v) is 6.83. The van der Waals surface area contributed by atoms with Crippen molar-refractivity contribution in [1.82, 2.24) is 25.4 Å². The molecule has 2 amide bonds. The topological polar surface area (TPSA) is 84.2 Å². The van der Waals surface area contributed by atoms with E-state index in [1.165, 1.54) is 4.90 Å². The number of carbonyl (C=O) groups excluding carboxylic acids is 1. The molecule has 0 saturated carbocycles. The number of nitrogens with zero attached hydrogens (tertiary/aromatic N) is 4. The summed E-state index contributed by atoms with van der Waals surface area (Å²) in [6.07, 6.45) is 3.46. The minimum absolute atomic E-state index is 0.160. The fraction of sp³-hybridized carbons (Fsp3) is 0.429. The maximum Gasteiger partial charge on any atom is 0.317 e. The first-order chi connectivity index (χ1) is 10.1. The van der Waals surface area contributed by atoms with Crippen LogP contribution in [0.1, 0.15) is 23.9 Å². The number of pyridine rings is 1. The maximum atomic E-state index is 11.9. The van der Waals surface area contributed by atoms with Crippen molar-refractivity contribution in [2.45, 2.75) is 26.3 Å². The van der Waals surface area contributed by atoms with Crippen LogP contribution in [0.2, 0.25) is 0 Å². The molecule has 112 valence electrons. The molecule has 0 unspecified atom stereocenters. The van der Waals surface area contributed by atoms with Gasteiger partial charge in [0.2, 0.25) is 11.8 Å². The molecule has 7 nitrogen and oxygen atoms in total. The summed E-state index contributed by atoms with van der Waals surface area (Å²) in [5.41, 5.74) is 1.03. The van der Waals surface area contributed by atoms with E-state index in [1.54, 1.807) is 20.2 Å². The van der Waals surface area contributed by atoms with Crippen LogP contribution in [0, 0.1) is 6.92 Å². The van der Waals surface area contributed by atoms with Gasteiger partial charge in [0.15, 0.2) is 0 Å². The number of hydrogen-bond donors (Lipinski definition) is 1. The van der Waals surface area contributed by atoms with Gasteiger partial charge in [-0.15, -0.1) is 10.2 Å². The standard InChI is InChI=1S/C14H19N5O2/c1-11-17-18-13(21-11)10-19(2)14(20)16-9-5-7-12-6-3-4-8-15-12/h3-4,6,8H,5,7,9-10H2,1-2H3,(H,16,20). The van der Waals surface area contributed by atoms with Gasteiger partial charge in [0.05, 0.1) is 0 Å². The van der Waals surface area contributed by atoms with Crippen molar-refractivity contribution < 1.29 is 9.21 Å². The quantitative estimate of drug-likeness (QED) is 0.816. The van der Waals surface area contributed by atoms with E-state index in [-0.39, 0.29) is 6.03 Å². The summed E-state index contributed by atoms with van der Waals surface area (Å²) in [5.74, 6) is 0.924. The SMILES string of the molecule is Cc1nnc(CN(C)C(=O)NCCCc2ccccn2)o1. The lowest BCUT2D eigenvalue weighted by atomic mass is 10.2. The zero-order valence-corrected chi connectivity index (χ0v) is 12.2. The molecule has 21 heavy (non-hydrogen) atoms. The summed E-state index contributed by atoms with van der Waals surface area (Å²) in [6, 6.07) is 5.67. The van der Waals surface area contributed by atoms with E-state index in [0.717, 1.165) is 18.5 Å². The molecule has 0 bridgehead atoms. The van der Waals surface area contributed by atoms with Gasteiger partial charge in [-0.2, -0.15) is 0 Å². The number of amides is 2. The van der Waals surface area contributed by atoms with Crippen LogP contribution >= 0.6 is 0 Å². The molecule has 2 rings (SSSR count). The minimum Gasteiger partial charge on any atom is -0.424 e. The Kier molecular flexibility index (Phi) is 5.25. The highest BCUT2D eigenvalue weighted by Crippen LogP contribution is 2.02. The lowest BCUT2D eigenvalue weighted by Crippen LogP contribution is -2.37. The molecule has 0 aliphatic heterocycles. The van der Waals surface area contributed by atoms with Crippen molar-refractivity contribution in [3.63, 3.8) is 0 Å². The highest BCUT2D eigenvalue weighted by atomic mass is 16.4. The molecule has 7 heteroatoms. The van der Waals surface area contributed by atoms with Crippen LogP contribution in [0.25, 0.3) is 0 Å². The highest BCUT2D eigenvalue weighted by molar-refractivity contribution is 5.73. The normalized spacial score (nSPS) is 10.4. The Labute approximate surface area is 123 Å². The van der Waals surface area contributed by atoms with Gasteiger partial charge in [0, 0.05) is 32.4 Å². The van der Waals surface area contributed by atoms with Crippen LogP contribution < -0.4 is 5.32 Å². The fourth-order valence-electron chi connectivity index (χ4n) is 1.82. The molecule has 0 saturated heterocycles. The third kappa shape index (κ3) is 4.87. The molecule has 0 aliphatic carbocycles. The number of aromatic nitrogens is 3. The van der Waals surface area contributed by atoms with E-state index in [2.05, 4.69) is 20.5 Å². The molecule has 0 spiro atoms. The van der Waals surface area contributed by atoms with Crippen molar-refractivity contribution in [1.29, 1.82) is 0 Å². The van der Waals surface area contributed by atoms with Gasteiger partial charge in [-0.1, -0.05) is 6.07 Å². The van der Waals surface area contributed by atoms with E-state index in [1.807, 2.05) is 18.2 Å². The molecule has 2 heterocycles. The average molecular weight is 289 g/mol. The Morgan fingerprint density at radius 2 is 2.24 bits per heavy atom. The van der Waals surface area contributed by atoms with Gasteiger partial charge < -0.3 is 14.6 Å². The average Bonchev–Trinajstić information content (AvgIpc) is 2.89. The zero-order valence-electron chi connectivity index (χ0n) is 12.2. The lowest BCUT2D eigenvalue weighted by Gasteiger charge is -2.15. The minimum atomic E-state index is -0.160. The number of rotatable bonds is 6. The first-order valence-electron chi connectivity index (χ1n) is 6.83. The largest absolute Gasteiger partial charge is 0.424 e. The molecule has 1 N–H and O–H groups in total. The Balaban J connectivity index is 1.67. The highest BCUT2D eigenvalue weighted by Gasteiger charge is 2.12. The van der Waals surface area contributed by atoms with Gasteiger partial charge in [-0.3, -0.25) is 4.98 Å². The fourth-order valence-corrected chi connectivity index (χ4v) is 1.82. The molecular weight excluding hydrogens is 270 g/mol. The summed E-state index contributed by atoms with van der Waals surface area (Å²) in [4.78, 5) is 17.6. The second kappa shape index (κ2) is 7.37. The smallest absolute Gasteiger partial charge is 0.317 e. The van der Waals surface area contributed by atoms with E-state index in [0.29, 0.717) is 24.9 Å². The van der Waals surface area contributed by atoms with Crippen LogP contribution in [0.4, 0.5) is 4.79 Å². The van der Waals surface area contributed by atoms with Crippen molar-refractivity contribution in [3.05, 3.63) is 41.9 Å². The molecule has 2 aromatic heterocycles. The van der Waals surface area contributed by atoms with Gasteiger partial charge in [0.25, 0.3) is 0 Å². The lowest BCUT2D eigenvalue weighted by molar-refractivity contribution is 0.201. The third-order valence-electron chi connectivity index (χ3n) is 2.90. The van der Waals surface area contributed by atoms with Crippen LogP contribution in [-0.4, -0.2) is 39.7 Å². The molecule has 0 fully saturated rings. The molecular formula is C14H19N5O2. The molecule has 2 aromatic rings. The van der Waals surface area contributed by atoms with E-state index in [9.17, 15) is 4.79 Å². The first kappa shape index (κ1) is 15.0. The second-order valence-electron chi connectivity index (χ2n) is 4.73.